The van der Waals surface area contributed by atoms with E-state index >= 15 is 0 Å². The maximum atomic E-state index is 4.39. The van der Waals surface area contributed by atoms with Crippen molar-refractivity contribution in [1.29, 1.82) is 0 Å². The molecule has 0 bridgehead atoms. The van der Waals surface area contributed by atoms with Crippen LogP contribution in [0.4, 0.5) is 0 Å². The average molecular weight is 254 g/mol. The van der Waals surface area contributed by atoms with Crippen LogP contribution in [0, 0.1) is 0 Å². The molecule has 1 saturated heterocycles. The number of nitrogens with one attached hydrogen (secondary N) is 1. The second-order valence-corrected chi connectivity index (χ2v) is 5.45. The molecule has 1 N–H and O–H groups in total. The molecule has 1 aliphatic rings. The summed E-state index contributed by atoms with van der Waals surface area (Å²) in [5, 5.41) is 8.07. The van der Waals surface area contributed by atoms with Crippen LogP contribution in [0.1, 0.15) is 52.4 Å². The van der Waals surface area contributed by atoms with Crippen molar-refractivity contribution in [2.45, 2.75) is 58.4 Å². The van der Waals surface area contributed by atoms with E-state index in [0.717, 1.165) is 19.1 Å². The van der Waals surface area contributed by atoms with E-state index in [-0.39, 0.29) is 0 Å². The van der Waals surface area contributed by atoms with Gasteiger partial charge in [-0.05, 0) is 64.7 Å². The van der Waals surface area contributed by atoms with Gasteiger partial charge in [-0.1, -0.05) is 13.8 Å². The van der Waals surface area contributed by atoms with Gasteiger partial charge in [-0.2, -0.15) is 0 Å². The molecule has 1 radical (unpaired) electrons. The summed E-state index contributed by atoms with van der Waals surface area (Å²) in [7, 11) is 0. The quantitative estimate of drug-likeness (QED) is 0.606. The van der Waals surface area contributed by atoms with Gasteiger partial charge in [0, 0.05) is 19.1 Å². The van der Waals surface area contributed by atoms with E-state index in [1.54, 1.807) is 0 Å². The van der Waals surface area contributed by atoms with Crippen LogP contribution in [-0.2, 0) is 0 Å². The van der Waals surface area contributed by atoms with Crippen LogP contribution in [0.5, 0.6) is 0 Å². The van der Waals surface area contributed by atoms with Crippen LogP contribution in [0.3, 0.4) is 0 Å². The molecule has 0 atom stereocenters. The zero-order valence-electron chi connectivity index (χ0n) is 12.5. The van der Waals surface area contributed by atoms with Crippen LogP contribution in [-0.4, -0.2) is 50.2 Å². The maximum Gasteiger partial charge on any atom is 0.0148 e. The fraction of sp³-hybridized carbons (Fsp3) is 1.00. The first-order valence-corrected chi connectivity index (χ1v) is 7.95. The zero-order chi connectivity index (χ0) is 13.1. The molecule has 1 aliphatic heterocycles. The molecule has 1 rings (SSSR count). The van der Waals surface area contributed by atoms with Crippen LogP contribution in [0.2, 0.25) is 0 Å². The van der Waals surface area contributed by atoms with Crippen molar-refractivity contribution in [3.05, 3.63) is 0 Å². The Bertz CT molecular complexity index is 173. The molecule has 0 aromatic carbocycles. The molecule has 107 valence electrons. The van der Waals surface area contributed by atoms with E-state index in [1.165, 1.54) is 64.7 Å². The van der Waals surface area contributed by atoms with E-state index in [2.05, 4.69) is 29.4 Å². The molecular formula is C15H32N3. The lowest BCUT2D eigenvalue weighted by Crippen LogP contribution is -2.38. The summed E-state index contributed by atoms with van der Waals surface area (Å²) in [6.45, 7) is 11.7. The molecule has 1 fully saturated rings. The SMILES string of the molecule is CCCN(CCC)CCCCNC1CC[N]CC1. The standard InChI is InChI=1S/C15H32N3/c1-3-12-18(13-4-2)14-6-5-9-17-15-7-10-16-11-8-15/h15,17H,3-14H2,1-2H3. The number of hydrogen-bond acceptors (Lipinski definition) is 2. The number of unbranched alkanes of at least 4 members (excludes halogenated alkanes) is 1. The van der Waals surface area contributed by atoms with Crippen LogP contribution in [0.15, 0.2) is 0 Å². The molecular weight excluding hydrogens is 222 g/mol. The lowest BCUT2D eigenvalue weighted by atomic mass is 10.1. The summed E-state index contributed by atoms with van der Waals surface area (Å²) in [6.07, 6.45) is 7.71. The van der Waals surface area contributed by atoms with E-state index in [9.17, 15) is 0 Å². The van der Waals surface area contributed by atoms with E-state index in [4.69, 9.17) is 0 Å². The normalized spacial score (nSPS) is 17.5. The summed E-state index contributed by atoms with van der Waals surface area (Å²) in [6, 6.07) is 0.741. The van der Waals surface area contributed by atoms with Crippen molar-refractivity contribution in [3.8, 4) is 0 Å². The Balaban J connectivity index is 1.95. The highest BCUT2D eigenvalue weighted by molar-refractivity contribution is 4.73. The first kappa shape index (κ1) is 15.9. The minimum atomic E-state index is 0.741. The number of rotatable bonds is 10. The predicted molar refractivity (Wildman–Crippen MR) is 79.1 cm³/mol. The monoisotopic (exact) mass is 254 g/mol. The predicted octanol–water partition coefficient (Wildman–Crippen LogP) is 2.25. The third-order valence-electron chi connectivity index (χ3n) is 3.69. The highest BCUT2D eigenvalue weighted by atomic mass is 15.1. The van der Waals surface area contributed by atoms with Gasteiger partial charge in [-0.15, -0.1) is 0 Å². The van der Waals surface area contributed by atoms with E-state index < -0.39 is 0 Å². The van der Waals surface area contributed by atoms with E-state index in [1.807, 2.05) is 0 Å². The second-order valence-electron chi connectivity index (χ2n) is 5.45. The van der Waals surface area contributed by atoms with Crippen LogP contribution < -0.4 is 10.6 Å². The van der Waals surface area contributed by atoms with Gasteiger partial charge in [0.2, 0.25) is 0 Å². The highest BCUT2D eigenvalue weighted by Crippen LogP contribution is 2.03. The largest absolute Gasteiger partial charge is 0.314 e. The fourth-order valence-electron chi connectivity index (χ4n) is 2.69. The maximum absolute atomic E-state index is 4.39. The molecule has 0 spiro atoms. The molecule has 3 nitrogen and oxygen atoms in total. The summed E-state index contributed by atoms with van der Waals surface area (Å²) in [4.78, 5) is 2.61. The Labute approximate surface area is 114 Å². The van der Waals surface area contributed by atoms with Crippen molar-refractivity contribution in [3.63, 3.8) is 0 Å². The lowest BCUT2D eigenvalue weighted by molar-refractivity contribution is 0.267. The Morgan fingerprint density at radius 2 is 1.67 bits per heavy atom. The van der Waals surface area contributed by atoms with Crippen molar-refractivity contribution in [2.75, 3.05) is 39.3 Å². The van der Waals surface area contributed by atoms with Crippen LogP contribution >= 0.6 is 0 Å². The molecule has 0 aliphatic carbocycles. The van der Waals surface area contributed by atoms with Crippen molar-refractivity contribution >= 4 is 0 Å². The fourth-order valence-corrected chi connectivity index (χ4v) is 2.69. The van der Waals surface area contributed by atoms with Crippen molar-refractivity contribution < 1.29 is 0 Å². The zero-order valence-corrected chi connectivity index (χ0v) is 12.5. The number of nitrogens with zero attached hydrogens (tertiary/aromatic N) is 2. The molecule has 18 heavy (non-hydrogen) atoms. The summed E-state index contributed by atoms with van der Waals surface area (Å²) in [5.41, 5.74) is 0. The lowest BCUT2D eigenvalue weighted by Gasteiger charge is -2.23. The molecule has 0 unspecified atom stereocenters. The van der Waals surface area contributed by atoms with Crippen LogP contribution in [0.25, 0.3) is 0 Å². The van der Waals surface area contributed by atoms with Gasteiger partial charge in [0.1, 0.15) is 0 Å². The van der Waals surface area contributed by atoms with Gasteiger partial charge >= 0.3 is 0 Å². The average Bonchev–Trinajstić information content (AvgIpc) is 2.40. The molecule has 0 amide bonds. The second kappa shape index (κ2) is 10.8. The summed E-state index contributed by atoms with van der Waals surface area (Å²) >= 11 is 0. The van der Waals surface area contributed by atoms with Gasteiger partial charge in [0.15, 0.2) is 0 Å². The Hall–Kier alpha value is -0.120. The molecule has 3 heteroatoms. The van der Waals surface area contributed by atoms with Gasteiger partial charge in [-0.25, -0.2) is 5.32 Å². The molecule has 0 aromatic rings. The molecule has 0 saturated carbocycles. The third kappa shape index (κ3) is 7.34. The van der Waals surface area contributed by atoms with Gasteiger partial charge < -0.3 is 10.2 Å². The van der Waals surface area contributed by atoms with Gasteiger partial charge in [-0.3, -0.25) is 0 Å². The summed E-state index contributed by atoms with van der Waals surface area (Å²) < 4.78 is 0. The Kier molecular flexibility index (Phi) is 9.54. The topological polar surface area (TPSA) is 29.4 Å². The minimum absolute atomic E-state index is 0.741. The minimum Gasteiger partial charge on any atom is -0.314 e. The third-order valence-corrected chi connectivity index (χ3v) is 3.69. The Morgan fingerprint density at radius 3 is 2.28 bits per heavy atom. The highest BCUT2D eigenvalue weighted by Gasteiger charge is 2.12. The van der Waals surface area contributed by atoms with E-state index in [0.29, 0.717) is 0 Å². The smallest absolute Gasteiger partial charge is 0.0148 e. The number of piperidine rings is 1. The van der Waals surface area contributed by atoms with Gasteiger partial charge in [0.25, 0.3) is 0 Å². The summed E-state index contributed by atoms with van der Waals surface area (Å²) in [5.74, 6) is 0. The van der Waals surface area contributed by atoms with Gasteiger partial charge in [0.05, 0.1) is 0 Å². The molecule has 0 aromatic heterocycles. The first-order valence-electron chi connectivity index (χ1n) is 7.95. The molecule has 1 heterocycles. The first-order chi connectivity index (χ1) is 8.86. The Morgan fingerprint density at radius 1 is 1.00 bits per heavy atom. The number of hydrogen-bond donors (Lipinski definition) is 1. The van der Waals surface area contributed by atoms with Crippen molar-refractivity contribution in [2.24, 2.45) is 0 Å². The van der Waals surface area contributed by atoms with Crippen molar-refractivity contribution in [1.82, 2.24) is 15.5 Å².